The molecule has 0 bridgehead atoms. The standard InChI is InChI=1S/C12H16N2O2/c1-14(2)8-7-10-3-5-11(6-4-10)13-12(16)9-15/h3-6,9H,7-8H2,1-2H3,(H,13,16). The van der Waals surface area contributed by atoms with Gasteiger partial charge in [-0.25, -0.2) is 0 Å². The van der Waals surface area contributed by atoms with Gasteiger partial charge >= 0.3 is 0 Å². The zero-order chi connectivity index (χ0) is 12.0. The first kappa shape index (κ1) is 12.4. The van der Waals surface area contributed by atoms with Crippen molar-refractivity contribution < 1.29 is 9.59 Å². The minimum Gasteiger partial charge on any atom is -0.320 e. The molecule has 1 N–H and O–H groups in total. The third-order valence-electron chi connectivity index (χ3n) is 2.18. The van der Waals surface area contributed by atoms with Gasteiger partial charge in [0.15, 0.2) is 0 Å². The van der Waals surface area contributed by atoms with Gasteiger partial charge < -0.3 is 10.2 Å². The topological polar surface area (TPSA) is 49.4 Å². The van der Waals surface area contributed by atoms with Crippen molar-refractivity contribution in [1.29, 1.82) is 0 Å². The van der Waals surface area contributed by atoms with Crippen LogP contribution >= 0.6 is 0 Å². The number of rotatable bonds is 5. The highest BCUT2D eigenvalue weighted by atomic mass is 16.2. The second kappa shape index (κ2) is 6.02. The van der Waals surface area contributed by atoms with E-state index in [-0.39, 0.29) is 6.29 Å². The molecule has 4 heteroatoms. The lowest BCUT2D eigenvalue weighted by Crippen LogP contribution is -2.15. The van der Waals surface area contributed by atoms with Crippen molar-refractivity contribution in [2.75, 3.05) is 26.0 Å². The minimum absolute atomic E-state index is 0.264. The summed E-state index contributed by atoms with van der Waals surface area (Å²) in [6.45, 7) is 0.986. The van der Waals surface area contributed by atoms with Crippen molar-refractivity contribution in [3.8, 4) is 0 Å². The third kappa shape index (κ3) is 4.23. The molecule has 0 fully saturated rings. The van der Waals surface area contributed by atoms with Crippen LogP contribution in [0, 0.1) is 0 Å². The molecule has 16 heavy (non-hydrogen) atoms. The zero-order valence-electron chi connectivity index (χ0n) is 9.56. The Morgan fingerprint density at radius 1 is 1.31 bits per heavy atom. The van der Waals surface area contributed by atoms with Crippen LogP contribution < -0.4 is 5.32 Å². The Labute approximate surface area is 95.3 Å². The molecular weight excluding hydrogens is 204 g/mol. The number of aldehydes is 1. The first-order valence-corrected chi connectivity index (χ1v) is 5.11. The zero-order valence-corrected chi connectivity index (χ0v) is 9.56. The lowest BCUT2D eigenvalue weighted by Gasteiger charge is -2.09. The van der Waals surface area contributed by atoms with E-state index in [1.54, 1.807) is 12.1 Å². The van der Waals surface area contributed by atoms with E-state index < -0.39 is 5.91 Å². The molecule has 0 aromatic heterocycles. The van der Waals surface area contributed by atoms with E-state index in [1.807, 2.05) is 26.2 Å². The van der Waals surface area contributed by atoms with E-state index in [1.165, 1.54) is 5.56 Å². The summed E-state index contributed by atoms with van der Waals surface area (Å²) in [4.78, 5) is 23.0. The summed E-state index contributed by atoms with van der Waals surface area (Å²) >= 11 is 0. The van der Waals surface area contributed by atoms with Crippen LogP contribution in [0.4, 0.5) is 5.69 Å². The summed E-state index contributed by atoms with van der Waals surface area (Å²) in [6, 6.07) is 7.49. The molecule has 86 valence electrons. The van der Waals surface area contributed by atoms with Crippen molar-refractivity contribution in [1.82, 2.24) is 4.90 Å². The second-order valence-corrected chi connectivity index (χ2v) is 3.86. The smallest absolute Gasteiger partial charge is 0.288 e. The molecule has 0 aliphatic rings. The van der Waals surface area contributed by atoms with Gasteiger partial charge in [0.25, 0.3) is 5.91 Å². The van der Waals surface area contributed by atoms with Crippen molar-refractivity contribution in [2.24, 2.45) is 0 Å². The predicted octanol–water partition coefficient (Wildman–Crippen LogP) is 0.928. The van der Waals surface area contributed by atoms with Gasteiger partial charge in [-0.05, 0) is 38.2 Å². The van der Waals surface area contributed by atoms with E-state index in [4.69, 9.17) is 0 Å². The monoisotopic (exact) mass is 220 g/mol. The van der Waals surface area contributed by atoms with Crippen LogP contribution in [0.15, 0.2) is 24.3 Å². The van der Waals surface area contributed by atoms with E-state index in [0.717, 1.165) is 13.0 Å². The Morgan fingerprint density at radius 2 is 1.94 bits per heavy atom. The Morgan fingerprint density at radius 3 is 2.44 bits per heavy atom. The normalized spacial score (nSPS) is 10.2. The number of nitrogens with one attached hydrogen (secondary N) is 1. The number of carbonyl (C=O) groups excluding carboxylic acids is 2. The summed E-state index contributed by atoms with van der Waals surface area (Å²) in [5.74, 6) is -0.624. The van der Waals surface area contributed by atoms with Crippen LogP contribution in [0.1, 0.15) is 5.56 Å². The maximum Gasteiger partial charge on any atom is 0.288 e. The molecule has 0 heterocycles. The maximum atomic E-state index is 10.8. The predicted molar refractivity (Wildman–Crippen MR) is 63.4 cm³/mol. The SMILES string of the molecule is CN(C)CCc1ccc(NC(=O)C=O)cc1. The lowest BCUT2D eigenvalue weighted by atomic mass is 10.1. The summed E-state index contributed by atoms with van der Waals surface area (Å²) < 4.78 is 0. The maximum absolute atomic E-state index is 10.8. The number of hydrogen-bond donors (Lipinski definition) is 1. The van der Waals surface area contributed by atoms with Crippen molar-refractivity contribution in [3.05, 3.63) is 29.8 Å². The van der Waals surface area contributed by atoms with Gasteiger partial charge in [-0.15, -0.1) is 0 Å². The quantitative estimate of drug-likeness (QED) is 0.593. The van der Waals surface area contributed by atoms with Gasteiger partial charge in [-0.1, -0.05) is 12.1 Å². The Balaban J connectivity index is 2.54. The van der Waals surface area contributed by atoms with Gasteiger partial charge in [-0.3, -0.25) is 9.59 Å². The first-order chi connectivity index (χ1) is 7.61. The highest BCUT2D eigenvalue weighted by molar-refractivity contribution is 6.29. The van der Waals surface area contributed by atoms with Crippen LogP contribution in [-0.4, -0.2) is 37.7 Å². The molecule has 0 saturated carbocycles. The second-order valence-electron chi connectivity index (χ2n) is 3.86. The molecule has 1 rings (SSSR count). The lowest BCUT2D eigenvalue weighted by molar-refractivity contribution is -0.127. The van der Waals surface area contributed by atoms with Crippen LogP contribution in [0.2, 0.25) is 0 Å². The Bertz CT molecular complexity index is 358. The van der Waals surface area contributed by atoms with E-state index >= 15 is 0 Å². The molecule has 0 radical (unpaired) electrons. The van der Waals surface area contributed by atoms with Crippen LogP contribution in [0.5, 0.6) is 0 Å². The fourth-order valence-electron chi connectivity index (χ4n) is 1.28. The van der Waals surface area contributed by atoms with Crippen molar-refractivity contribution in [3.63, 3.8) is 0 Å². The van der Waals surface area contributed by atoms with E-state index in [2.05, 4.69) is 10.2 Å². The highest BCUT2D eigenvalue weighted by Crippen LogP contribution is 2.09. The summed E-state index contributed by atoms with van der Waals surface area (Å²) in [5, 5.41) is 2.47. The molecule has 0 atom stereocenters. The van der Waals surface area contributed by atoms with Crippen molar-refractivity contribution in [2.45, 2.75) is 6.42 Å². The van der Waals surface area contributed by atoms with Crippen LogP contribution in [-0.2, 0) is 16.0 Å². The number of amides is 1. The molecule has 0 unspecified atom stereocenters. The number of carbonyl (C=O) groups is 2. The fraction of sp³-hybridized carbons (Fsp3) is 0.333. The number of hydrogen-bond acceptors (Lipinski definition) is 3. The number of nitrogens with zero attached hydrogens (tertiary/aromatic N) is 1. The molecule has 1 aromatic rings. The van der Waals surface area contributed by atoms with E-state index in [0.29, 0.717) is 5.69 Å². The molecule has 0 spiro atoms. The molecule has 0 saturated heterocycles. The van der Waals surface area contributed by atoms with Gasteiger partial charge in [0, 0.05) is 12.2 Å². The number of benzene rings is 1. The Kier molecular flexibility index (Phi) is 4.66. The fourth-order valence-corrected chi connectivity index (χ4v) is 1.28. The average molecular weight is 220 g/mol. The number of likely N-dealkylation sites (N-methyl/N-ethyl adjacent to an activating group) is 1. The molecule has 0 aliphatic heterocycles. The first-order valence-electron chi connectivity index (χ1n) is 5.11. The van der Waals surface area contributed by atoms with Gasteiger partial charge in [0.1, 0.15) is 0 Å². The summed E-state index contributed by atoms with van der Waals surface area (Å²) in [6.07, 6.45) is 1.23. The van der Waals surface area contributed by atoms with Crippen LogP contribution in [0.3, 0.4) is 0 Å². The molecule has 4 nitrogen and oxygen atoms in total. The van der Waals surface area contributed by atoms with Gasteiger partial charge in [0.2, 0.25) is 6.29 Å². The minimum atomic E-state index is -0.624. The van der Waals surface area contributed by atoms with Crippen molar-refractivity contribution >= 4 is 17.9 Å². The molecule has 1 aromatic carbocycles. The molecule has 1 amide bonds. The third-order valence-corrected chi connectivity index (χ3v) is 2.18. The average Bonchev–Trinajstić information content (AvgIpc) is 2.28. The summed E-state index contributed by atoms with van der Waals surface area (Å²) in [7, 11) is 4.05. The molecule has 0 aliphatic carbocycles. The van der Waals surface area contributed by atoms with Gasteiger partial charge in [-0.2, -0.15) is 0 Å². The number of anilines is 1. The van der Waals surface area contributed by atoms with Crippen LogP contribution in [0.25, 0.3) is 0 Å². The van der Waals surface area contributed by atoms with Gasteiger partial charge in [0.05, 0.1) is 0 Å². The Hall–Kier alpha value is -1.68. The summed E-state index contributed by atoms with van der Waals surface area (Å²) in [5.41, 5.74) is 1.85. The largest absolute Gasteiger partial charge is 0.320 e. The van der Waals surface area contributed by atoms with E-state index in [9.17, 15) is 9.59 Å². The highest BCUT2D eigenvalue weighted by Gasteiger charge is 1.99. The molecular formula is C12H16N2O2.